The van der Waals surface area contributed by atoms with Gasteiger partial charge in [0.15, 0.2) is 0 Å². The Morgan fingerprint density at radius 2 is 1.82 bits per heavy atom. The van der Waals surface area contributed by atoms with E-state index in [4.69, 9.17) is 0 Å². The van der Waals surface area contributed by atoms with Crippen molar-refractivity contribution in [3.8, 4) is 0 Å². The zero-order valence-corrected chi connectivity index (χ0v) is 12.4. The lowest BCUT2D eigenvalue weighted by Gasteiger charge is -2.36. The van der Waals surface area contributed by atoms with Gasteiger partial charge in [0.2, 0.25) is 5.91 Å². The highest BCUT2D eigenvalue weighted by molar-refractivity contribution is 5.81. The van der Waals surface area contributed by atoms with E-state index in [9.17, 15) is 18.0 Å². The molecule has 0 bridgehead atoms. The van der Waals surface area contributed by atoms with E-state index in [-0.39, 0.29) is 11.8 Å². The second kappa shape index (κ2) is 5.48. The van der Waals surface area contributed by atoms with Gasteiger partial charge in [-0.3, -0.25) is 4.79 Å². The fourth-order valence-corrected chi connectivity index (χ4v) is 2.96. The summed E-state index contributed by atoms with van der Waals surface area (Å²) in [5, 5.41) is 0. The van der Waals surface area contributed by atoms with Gasteiger partial charge in [0.1, 0.15) is 0 Å². The van der Waals surface area contributed by atoms with Crippen molar-refractivity contribution >= 4 is 11.6 Å². The molecule has 3 rings (SSSR count). The fraction of sp³-hybridized carbons (Fsp3) is 0.562. The molecule has 1 aliphatic heterocycles. The lowest BCUT2D eigenvalue weighted by Crippen LogP contribution is -2.49. The van der Waals surface area contributed by atoms with Crippen molar-refractivity contribution in [1.29, 1.82) is 0 Å². The Hall–Kier alpha value is -1.72. The van der Waals surface area contributed by atoms with Gasteiger partial charge >= 0.3 is 6.18 Å². The first-order valence-electron chi connectivity index (χ1n) is 7.57. The predicted molar refractivity (Wildman–Crippen MR) is 77.5 cm³/mol. The number of rotatable bonds is 2. The van der Waals surface area contributed by atoms with Crippen LogP contribution in [0.25, 0.3) is 0 Å². The highest BCUT2D eigenvalue weighted by Crippen LogP contribution is 2.39. The predicted octanol–water partition coefficient (Wildman–Crippen LogP) is 3.01. The molecule has 1 aromatic carbocycles. The summed E-state index contributed by atoms with van der Waals surface area (Å²) in [5.41, 5.74) is -0.0583. The molecule has 2 aliphatic rings. The van der Waals surface area contributed by atoms with Gasteiger partial charge < -0.3 is 9.80 Å². The number of amides is 1. The number of carbonyl (C=O) groups excluding carboxylic acids is 1. The average Bonchev–Trinajstić information content (AvgIpc) is 3.23. The molecule has 3 nitrogen and oxygen atoms in total. The number of anilines is 1. The third kappa shape index (κ3) is 3.05. The van der Waals surface area contributed by atoms with Gasteiger partial charge in [0.05, 0.1) is 5.56 Å². The van der Waals surface area contributed by atoms with Gasteiger partial charge in [-0.1, -0.05) is 13.0 Å². The molecule has 2 fully saturated rings. The first-order valence-corrected chi connectivity index (χ1v) is 7.57. The van der Waals surface area contributed by atoms with Crippen molar-refractivity contribution in [2.45, 2.75) is 19.5 Å². The minimum Gasteiger partial charge on any atom is -0.368 e. The number of alkyl halides is 3. The molecule has 2 atom stereocenters. The van der Waals surface area contributed by atoms with Gasteiger partial charge in [-0.2, -0.15) is 13.2 Å². The summed E-state index contributed by atoms with van der Waals surface area (Å²) in [6.07, 6.45) is -3.36. The summed E-state index contributed by atoms with van der Waals surface area (Å²) < 4.78 is 38.3. The van der Waals surface area contributed by atoms with Crippen molar-refractivity contribution in [3.05, 3.63) is 29.8 Å². The average molecular weight is 312 g/mol. The summed E-state index contributed by atoms with van der Waals surface area (Å²) in [6, 6.07) is 5.38. The summed E-state index contributed by atoms with van der Waals surface area (Å²) in [7, 11) is 0. The molecule has 0 radical (unpaired) electrons. The molecular formula is C16H19F3N2O. The minimum absolute atomic E-state index is 0.167. The van der Waals surface area contributed by atoms with E-state index in [1.807, 2.05) is 9.80 Å². The Morgan fingerprint density at radius 1 is 1.18 bits per heavy atom. The van der Waals surface area contributed by atoms with E-state index in [0.717, 1.165) is 12.5 Å². The van der Waals surface area contributed by atoms with Crippen LogP contribution in [0, 0.1) is 11.8 Å². The van der Waals surface area contributed by atoms with Crippen LogP contribution >= 0.6 is 0 Å². The first-order chi connectivity index (χ1) is 10.4. The van der Waals surface area contributed by atoms with E-state index in [1.165, 1.54) is 12.1 Å². The van der Waals surface area contributed by atoms with E-state index in [0.29, 0.717) is 37.8 Å². The summed E-state index contributed by atoms with van der Waals surface area (Å²) >= 11 is 0. The summed E-state index contributed by atoms with van der Waals surface area (Å²) in [6.45, 7) is 4.39. The highest BCUT2D eigenvalue weighted by Gasteiger charge is 2.42. The van der Waals surface area contributed by atoms with Crippen LogP contribution in [-0.2, 0) is 11.0 Å². The third-order valence-electron chi connectivity index (χ3n) is 4.56. The molecule has 1 saturated carbocycles. The Bertz CT molecular complexity index is 565. The standard InChI is InChI=1S/C16H19F3N2O/c1-11-9-14(11)15(22)21-7-5-20(6-8-21)13-4-2-3-12(10-13)16(17,18)19/h2-4,10-11,14H,5-9H2,1H3/t11-,14+/m1/s1. The number of hydrogen-bond donors (Lipinski definition) is 0. The number of carbonyl (C=O) groups is 1. The molecule has 120 valence electrons. The van der Waals surface area contributed by atoms with Crippen molar-refractivity contribution in [3.63, 3.8) is 0 Å². The molecule has 0 unspecified atom stereocenters. The summed E-state index contributed by atoms with van der Waals surface area (Å²) in [4.78, 5) is 15.9. The van der Waals surface area contributed by atoms with Crippen LogP contribution in [0.3, 0.4) is 0 Å². The normalized spacial score (nSPS) is 25.3. The molecule has 1 saturated heterocycles. The molecule has 1 amide bonds. The van der Waals surface area contributed by atoms with Crippen LogP contribution in [0.15, 0.2) is 24.3 Å². The smallest absolute Gasteiger partial charge is 0.368 e. The van der Waals surface area contributed by atoms with Gasteiger partial charge in [-0.15, -0.1) is 0 Å². The van der Waals surface area contributed by atoms with Crippen molar-refractivity contribution in [1.82, 2.24) is 4.90 Å². The summed E-state index contributed by atoms with van der Waals surface area (Å²) in [5.74, 6) is 0.852. The van der Waals surface area contributed by atoms with Crippen molar-refractivity contribution < 1.29 is 18.0 Å². The Labute approximate surface area is 127 Å². The van der Waals surface area contributed by atoms with E-state index in [2.05, 4.69) is 6.92 Å². The van der Waals surface area contributed by atoms with E-state index >= 15 is 0 Å². The second-order valence-electron chi connectivity index (χ2n) is 6.18. The zero-order chi connectivity index (χ0) is 15.9. The SMILES string of the molecule is C[C@@H]1C[C@@H]1C(=O)N1CCN(c2cccc(C(F)(F)F)c2)CC1. The van der Waals surface area contributed by atoms with Crippen molar-refractivity contribution in [2.24, 2.45) is 11.8 Å². The Balaban J connectivity index is 1.63. The third-order valence-corrected chi connectivity index (χ3v) is 4.56. The highest BCUT2D eigenvalue weighted by atomic mass is 19.4. The maximum atomic E-state index is 12.8. The molecule has 0 aromatic heterocycles. The van der Waals surface area contributed by atoms with Crippen LogP contribution < -0.4 is 4.90 Å². The lowest BCUT2D eigenvalue weighted by atomic mass is 10.1. The minimum atomic E-state index is -4.32. The molecule has 22 heavy (non-hydrogen) atoms. The fourth-order valence-electron chi connectivity index (χ4n) is 2.96. The Kier molecular flexibility index (Phi) is 3.78. The van der Waals surface area contributed by atoms with E-state index in [1.54, 1.807) is 6.07 Å². The van der Waals surface area contributed by atoms with Crippen LogP contribution in [-0.4, -0.2) is 37.0 Å². The van der Waals surface area contributed by atoms with Crippen LogP contribution in [0.1, 0.15) is 18.9 Å². The van der Waals surface area contributed by atoms with Crippen LogP contribution in [0.2, 0.25) is 0 Å². The maximum absolute atomic E-state index is 12.8. The molecule has 1 aromatic rings. The first kappa shape index (κ1) is 15.2. The van der Waals surface area contributed by atoms with Gasteiger partial charge in [0.25, 0.3) is 0 Å². The molecule has 1 aliphatic carbocycles. The molecular weight excluding hydrogens is 293 g/mol. The Morgan fingerprint density at radius 3 is 2.36 bits per heavy atom. The molecule has 1 heterocycles. The topological polar surface area (TPSA) is 23.6 Å². The number of halogens is 3. The van der Waals surface area contributed by atoms with Crippen molar-refractivity contribution in [2.75, 3.05) is 31.1 Å². The molecule has 0 N–H and O–H groups in total. The zero-order valence-electron chi connectivity index (χ0n) is 12.4. The largest absolute Gasteiger partial charge is 0.416 e. The van der Waals surface area contributed by atoms with Crippen LogP contribution in [0.5, 0.6) is 0 Å². The number of nitrogens with zero attached hydrogens (tertiary/aromatic N) is 2. The maximum Gasteiger partial charge on any atom is 0.416 e. The quantitative estimate of drug-likeness (QED) is 0.838. The monoisotopic (exact) mass is 312 g/mol. The second-order valence-corrected chi connectivity index (χ2v) is 6.18. The van der Waals surface area contributed by atoms with Crippen LogP contribution in [0.4, 0.5) is 18.9 Å². The number of hydrogen-bond acceptors (Lipinski definition) is 2. The number of benzene rings is 1. The van der Waals surface area contributed by atoms with Gasteiger partial charge in [0, 0.05) is 37.8 Å². The molecule has 0 spiro atoms. The number of piperazine rings is 1. The molecule has 6 heteroatoms. The van der Waals surface area contributed by atoms with Gasteiger partial charge in [-0.25, -0.2) is 0 Å². The van der Waals surface area contributed by atoms with E-state index < -0.39 is 11.7 Å². The van der Waals surface area contributed by atoms with Gasteiger partial charge in [-0.05, 0) is 30.5 Å². The lowest BCUT2D eigenvalue weighted by molar-refractivity contribution is -0.137.